The first kappa shape index (κ1) is 21.5. The summed E-state index contributed by atoms with van der Waals surface area (Å²) < 4.78 is 40.1. The maximum Gasteiger partial charge on any atom is 0.332 e. The normalized spacial score (nSPS) is 20.4. The summed E-state index contributed by atoms with van der Waals surface area (Å²) in [4.78, 5) is 15.9. The van der Waals surface area contributed by atoms with Gasteiger partial charge in [0.25, 0.3) is 0 Å². The van der Waals surface area contributed by atoms with Crippen molar-refractivity contribution in [2.75, 3.05) is 17.9 Å². The molecule has 2 aromatic rings. The van der Waals surface area contributed by atoms with Crippen molar-refractivity contribution in [1.82, 2.24) is 4.98 Å². The Labute approximate surface area is 181 Å². The van der Waals surface area contributed by atoms with Gasteiger partial charge in [-0.05, 0) is 54.7 Å². The molecule has 31 heavy (non-hydrogen) atoms. The summed E-state index contributed by atoms with van der Waals surface area (Å²) in [6.07, 6.45) is 6.47. The Hall–Kier alpha value is -2.75. The molecule has 1 aromatic heterocycles. The second kappa shape index (κ2) is 8.78. The van der Waals surface area contributed by atoms with E-state index in [9.17, 15) is 18.3 Å². The van der Waals surface area contributed by atoms with Crippen molar-refractivity contribution >= 4 is 21.7 Å². The fourth-order valence-electron chi connectivity index (χ4n) is 4.00. The lowest BCUT2D eigenvalue weighted by Gasteiger charge is -2.32. The number of sulfonamides is 1. The number of hydrogen-bond donors (Lipinski definition) is 2. The van der Waals surface area contributed by atoms with Gasteiger partial charge in [0.05, 0.1) is 24.5 Å². The van der Waals surface area contributed by atoms with E-state index in [4.69, 9.17) is 9.47 Å². The van der Waals surface area contributed by atoms with Gasteiger partial charge in [0.15, 0.2) is 5.79 Å². The largest absolute Gasteiger partial charge is 0.478 e. The number of rotatable bonds is 7. The zero-order valence-corrected chi connectivity index (χ0v) is 17.7. The molecule has 9 heteroatoms. The van der Waals surface area contributed by atoms with Crippen LogP contribution in [0, 0.1) is 0 Å². The molecule has 2 N–H and O–H groups in total. The number of anilines is 1. The van der Waals surface area contributed by atoms with Crippen LogP contribution in [0.2, 0.25) is 0 Å². The number of hydrogen-bond acceptors (Lipinski definition) is 6. The quantitative estimate of drug-likeness (QED) is 0.674. The average molecular weight is 445 g/mol. The van der Waals surface area contributed by atoms with Gasteiger partial charge in [-0.15, -0.1) is 0 Å². The number of para-hydroxylation sites is 1. The van der Waals surface area contributed by atoms with Crippen molar-refractivity contribution in [1.29, 1.82) is 0 Å². The molecule has 8 nitrogen and oxygen atoms in total. The van der Waals surface area contributed by atoms with E-state index in [-0.39, 0.29) is 18.4 Å². The van der Waals surface area contributed by atoms with Gasteiger partial charge in [-0.1, -0.05) is 18.2 Å². The first-order valence-electron chi connectivity index (χ1n) is 10.1. The van der Waals surface area contributed by atoms with Crippen LogP contribution in [0.3, 0.4) is 0 Å². The number of benzene rings is 1. The van der Waals surface area contributed by atoms with Crippen molar-refractivity contribution in [3.05, 3.63) is 71.6 Å². The molecule has 164 valence electrons. The van der Waals surface area contributed by atoms with Crippen LogP contribution in [0.5, 0.6) is 0 Å². The predicted octanol–water partition coefficient (Wildman–Crippen LogP) is 2.53. The Morgan fingerprint density at radius 2 is 1.84 bits per heavy atom. The van der Waals surface area contributed by atoms with Crippen LogP contribution in [-0.2, 0) is 37.1 Å². The molecule has 2 aliphatic rings. The summed E-state index contributed by atoms with van der Waals surface area (Å²) in [5.41, 5.74) is 2.15. The number of pyridine rings is 1. The smallest absolute Gasteiger partial charge is 0.332 e. The molecule has 1 aliphatic carbocycles. The molecule has 1 saturated heterocycles. The fraction of sp³-hybridized carbons (Fsp3) is 0.364. The van der Waals surface area contributed by atoms with Gasteiger partial charge in [-0.25, -0.2) is 13.2 Å². The van der Waals surface area contributed by atoms with Crippen molar-refractivity contribution < 1.29 is 27.8 Å². The lowest BCUT2D eigenvalue weighted by Crippen LogP contribution is -2.42. The molecule has 1 atom stereocenters. The van der Waals surface area contributed by atoms with Crippen LogP contribution in [0.25, 0.3) is 0 Å². The Morgan fingerprint density at radius 3 is 2.55 bits per heavy atom. The first-order valence-corrected chi connectivity index (χ1v) is 11.7. The van der Waals surface area contributed by atoms with E-state index in [1.165, 1.54) is 6.08 Å². The van der Waals surface area contributed by atoms with E-state index in [1.807, 2.05) is 24.3 Å². The average Bonchev–Trinajstić information content (AvgIpc) is 3.21. The monoisotopic (exact) mass is 444 g/mol. The molecule has 0 radical (unpaired) electrons. The molecule has 0 amide bonds. The molecular formula is C22H24N2O6S. The van der Waals surface area contributed by atoms with Crippen LogP contribution in [0.15, 0.2) is 60.4 Å². The van der Waals surface area contributed by atoms with E-state index in [0.29, 0.717) is 25.3 Å². The zero-order chi connectivity index (χ0) is 21.9. The Bertz CT molecular complexity index is 1080. The summed E-state index contributed by atoms with van der Waals surface area (Å²) in [5, 5.41) is 8.47. The molecule has 1 aliphatic heterocycles. The maximum atomic E-state index is 13.2. The number of carboxylic acids is 1. The number of aliphatic carboxylic acids is 1. The van der Waals surface area contributed by atoms with Crippen molar-refractivity contribution in [3.63, 3.8) is 0 Å². The number of carboxylic acid groups (broad SMARTS) is 1. The van der Waals surface area contributed by atoms with Crippen LogP contribution in [0.4, 0.5) is 5.69 Å². The molecule has 1 aromatic carbocycles. The van der Waals surface area contributed by atoms with Gasteiger partial charge in [-0.3, -0.25) is 9.71 Å². The lowest BCUT2D eigenvalue weighted by molar-refractivity contribution is -0.138. The number of nitrogens with zero attached hydrogens (tertiary/aromatic N) is 1. The second-order valence-corrected chi connectivity index (χ2v) is 9.46. The van der Waals surface area contributed by atoms with Crippen molar-refractivity contribution in [3.8, 4) is 0 Å². The van der Waals surface area contributed by atoms with Crippen LogP contribution >= 0.6 is 0 Å². The minimum Gasteiger partial charge on any atom is -0.478 e. The lowest BCUT2D eigenvalue weighted by atomic mass is 9.94. The van der Waals surface area contributed by atoms with Gasteiger partial charge >= 0.3 is 5.97 Å². The maximum absolute atomic E-state index is 13.2. The van der Waals surface area contributed by atoms with Crippen molar-refractivity contribution in [2.24, 2.45) is 0 Å². The Kier molecular flexibility index (Phi) is 6.08. The zero-order valence-electron chi connectivity index (χ0n) is 16.9. The third kappa shape index (κ3) is 4.79. The summed E-state index contributed by atoms with van der Waals surface area (Å²) in [5.74, 6) is -2.43. The van der Waals surface area contributed by atoms with Gasteiger partial charge in [0.2, 0.25) is 10.0 Å². The Balaban J connectivity index is 1.55. The highest BCUT2D eigenvalue weighted by atomic mass is 32.2. The van der Waals surface area contributed by atoms with E-state index >= 15 is 0 Å². The molecule has 4 rings (SSSR count). The summed E-state index contributed by atoms with van der Waals surface area (Å²) in [6, 6.07) is 11.0. The highest BCUT2D eigenvalue weighted by molar-refractivity contribution is 7.93. The van der Waals surface area contributed by atoms with E-state index < -0.39 is 27.0 Å². The highest BCUT2D eigenvalue weighted by Crippen LogP contribution is 2.37. The van der Waals surface area contributed by atoms with Gasteiger partial charge in [0, 0.05) is 18.8 Å². The van der Waals surface area contributed by atoms with Crippen LogP contribution < -0.4 is 4.72 Å². The minimum absolute atomic E-state index is 0.0899. The van der Waals surface area contributed by atoms with Crippen LogP contribution in [0.1, 0.15) is 24.0 Å². The summed E-state index contributed by atoms with van der Waals surface area (Å²) in [7, 11) is -4.00. The topological polar surface area (TPSA) is 115 Å². The van der Waals surface area contributed by atoms with E-state index in [1.54, 1.807) is 24.5 Å². The summed E-state index contributed by atoms with van der Waals surface area (Å²) >= 11 is 0. The SMILES string of the molecule is O=C(O)C1=CC2(CCC1S(=O)(=O)Nc1ccccc1CCc1ccncc1)OCCO2. The fourth-order valence-corrected chi connectivity index (χ4v) is 5.58. The Morgan fingerprint density at radius 1 is 1.13 bits per heavy atom. The van der Waals surface area contributed by atoms with Gasteiger partial charge in [0.1, 0.15) is 5.25 Å². The second-order valence-electron chi connectivity index (χ2n) is 7.60. The van der Waals surface area contributed by atoms with Gasteiger partial charge < -0.3 is 14.6 Å². The highest BCUT2D eigenvalue weighted by Gasteiger charge is 2.45. The minimum atomic E-state index is -4.00. The number of aryl methyl sites for hydroxylation is 2. The van der Waals surface area contributed by atoms with E-state index in [0.717, 1.165) is 17.5 Å². The molecular weight excluding hydrogens is 420 g/mol. The third-order valence-corrected chi connectivity index (χ3v) is 7.32. The molecule has 1 fully saturated rings. The number of nitrogens with one attached hydrogen (secondary N) is 1. The third-order valence-electron chi connectivity index (χ3n) is 5.58. The number of carbonyl (C=O) groups is 1. The summed E-state index contributed by atoms with van der Waals surface area (Å²) in [6.45, 7) is 0.702. The molecule has 0 bridgehead atoms. The molecule has 1 spiro atoms. The first-order chi connectivity index (χ1) is 14.9. The number of aromatic nitrogens is 1. The van der Waals surface area contributed by atoms with Gasteiger partial charge in [-0.2, -0.15) is 0 Å². The standard InChI is InChI=1S/C22H24N2O6S/c25-21(26)18-15-22(29-13-14-30-22)10-7-20(18)31(27,28)24-19-4-2-1-3-17(19)6-5-16-8-11-23-12-9-16/h1-4,8-9,11-12,15,20,24H,5-7,10,13-14H2,(H,25,26). The van der Waals surface area contributed by atoms with E-state index in [2.05, 4.69) is 9.71 Å². The van der Waals surface area contributed by atoms with Crippen LogP contribution in [-0.4, -0.2) is 48.7 Å². The molecule has 0 saturated carbocycles. The molecule has 1 unspecified atom stereocenters. The number of ether oxygens (including phenoxy) is 2. The predicted molar refractivity (Wildman–Crippen MR) is 114 cm³/mol. The van der Waals surface area contributed by atoms with Crippen molar-refractivity contribution in [2.45, 2.75) is 36.7 Å². The molecule has 2 heterocycles.